The van der Waals surface area contributed by atoms with Crippen LogP contribution in [0.25, 0.3) is 0 Å². The molecule has 3 heterocycles. The number of hydrogen-bond donors (Lipinski definition) is 2. The van der Waals surface area contributed by atoms with Gasteiger partial charge in [0.2, 0.25) is 0 Å². The second-order valence-electron chi connectivity index (χ2n) is 9.73. The molecule has 4 rings (SSSR count). The Morgan fingerprint density at radius 2 is 1.81 bits per heavy atom. The van der Waals surface area contributed by atoms with Crippen molar-refractivity contribution in [1.29, 1.82) is 0 Å². The third-order valence-corrected chi connectivity index (χ3v) is 7.51. The monoisotopic (exact) mass is 558 g/mol. The van der Waals surface area contributed by atoms with Crippen molar-refractivity contribution in [3.63, 3.8) is 0 Å². The van der Waals surface area contributed by atoms with Gasteiger partial charge in [-0.15, -0.1) is 0 Å². The molecule has 1 aromatic carbocycles. The molecule has 0 saturated carbocycles. The van der Waals surface area contributed by atoms with Crippen LogP contribution in [0.15, 0.2) is 30.5 Å². The predicted molar refractivity (Wildman–Crippen MR) is 134 cm³/mol. The number of nitrogens with one attached hydrogen (secondary N) is 2. The van der Waals surface area contributed by atoms with Gasteiger partial charge < -0.3 is 20.3 Å². The van der Waals surface area contributed by atoms with E-state index in [1.54, 1.807) is 26.0 Å². The maximum absolute atomic E-state index is 13.6. The van der Waals surface area contributed by atoms with E-state index in [0.717, 1.165) is 18.9 Å². The van der Waals surface area contributed by atoms with Crippen molar-refractivity contribution >= 4 is 40.8 Å². The lowest BCUT2D eigenvalue weighted by Crippen LogP contribution is -2.55. The number of anilines is 1. The summed E-state index contributed by atoms with van der Waals surface area (Å²) in [5, 5.41) is 4.87. The molecule has 2 aliphatic heterocycles. The minimum atomic E-state index is -2.62. The molecule has 200 valence electrons. The topological polar surface area (TPSA) is 83.6 Å². The number of rotatable bonds is 8. The van der Waals surface area contributed by atoms with Gasteiger partial charge >= 0.3 is 0 Å². The van der Waals surface area contributed by atoms with Gasteiger partial charge in [0.15, 0.2) is 5.60 Å². The molecule has 7 nitrogen and oxygen atoms in total. The number of piperidine rings is 1. The van der Waals surface area contributed by atoms with Crippen LogP contribution in [-0.4, -0.2) is 53.5 Å². The van der Waals surface area contributed by atoms with Crippen molar-refractivity contribution in [3.05, 3.63) is 51.9 Å². The number of ether oxygens (including phenoxy) is 1. The molecule has 12 heteroatoms. The highest BCUT2D eigenvalue weighted by atomic mass is 35.5. The van der Waals surface area contributed by atoms with Crippen molar-refractivity contribution in [2.75, 3.05) is 11.4 Å². The summed E-state index contributed by atoms with van der Waals surface area (Å²) >= 11 is 11.9. The predicted octanol–water partition coefficient (Wildman–Crippen LogP) is 5.00. The van der Waals surface area contributed by atoms with Crippen molar-refractivity contribution in [1.82, 2.24) is 15.6 Å². The Kier molecular flexibility index (Phi) is 8.08. The van der Waals surface area contributed by atoms with E-state index in [1.165, 1.54) is 12.3 Å². The molecule has 2 fully saturated rings. The highest BCUT2D eigenvalue weighted by Gasteiger charge is 2.43. The molecular weight excluding hydrogens is 532 g/mol. The Bertz CT molecular complexity index is 1150. The third-order valence-electron chi connectivity index (χ3n) is 6.67. The quantitative estimate of drug-likeness (QED) is 0.445. The summed E-state index contributed by atoms with van der Waals surface area (Å²) in [4.78, 5) is 31.7. The minimum absolute atomic E-state index is 0.0872. The lowest BCUT2D eigenvalue weighted by molar-refractivity contribution is -0.135. The summed E-state index contributed by atoms with van der Waals surface area (Å²) < 4.78 is 44.1. The van der Waals surface area contributed by atoms with Gasteiger partial charge in [0.1, 0.15) is 22.4 Å². The second kappa shape index (κ2) is 10.9. The number of fused-ring (bicyclic) bond motifs is 2. The normalized spacial score (nSPS) is 21.2. The first-order chi connectivity index (χ1) is 17.5. The molecule has 0 spiro atoms. The molecule has 37 heavy (non-hydrogen) atoms. The van der Waals surface area contributed by atoms with E-state index in [4.69, 9.17) is 27.9 Å². The standard InChI is InChI=1S/C25H27Cl2F3N4O3/c1-25(2,37-18-7-6-17(28)21(26)22(18)27)24(36)33-14-9-15-4-5-16(10-14)34(15)20-8-3-13(11-31-20)23(35)32-12-19(29)30/h3,6-8,11,14-16,19H,4-5,9-10,12H2,1-2H3,(H,32,35)(H,33,36)/t14?,15-,16+. The van der Waals surface area contributed by atoms with Gasteiger partial charge in [-0.05, 0) is 63.8 Å². The van der Waals surface area contributed by atoms with Gasteiger partial charge in [0.05, 0.1) is 17.1 Å². The van der Waals surface area contributed by atoms with Crippen LogP contribution in [0, 0.1) is 5.82 Å². The van der Waals surface area contributed by atoms with E-state index in [0.29, 0.717) is 18.7 Å². The maximum Gasteiger partial charge on any atom is 0.263 e. The fourth-order valence-corrected chi connectivity index (χ4v) is 5.23. The summed E-state index contributed by atoms with van der Waals surface area (Å²) in [5.74, 6) is -0.797. The Hall–Kier alpha value is -2.72. The summed E-state index contributed by atoms with van der Waals surface area (Å²) in [5.41, 5.74) is -1.08. The molecule has 0 aliphatic carbocycles. The lowest BCUT2D eigenvalue weighted by atomic mass is 9.96. The molecule has 2 aliphatic rings. The Balaban J connectivity index is 1.37. The van der Waals surface area contributed by atoms with Crippen LogP contribution >= 0.6 is 23.2 Å². The smallest absolute Gasteiger partial charge is 0.263 e. The summed E-state index contributed by atoms with van der Waals surface area (Å²) in [6.45, 7) is 2.49. The SMILES string of the molecule is CC(C)(Oc1ccc(F)c(Cl)c1Cl)C(=O)NC1C[C@H]2CC[C@@H](C1)N2c1ccc(C(=O)NCC(F)F)cn1. The Morgan fingerprint density at radius 3 is 2.41 bits per heavy atom. The first kappa shape index (κ1) is 27.3. The molecular formula is C25H27Cl2F3N4O3. The maximum atomic E-state index is 13.6. The van der Waals surface area contributed by atoms with Crippen LogP contribution in [0.2, 0.25) is 10.0 Å². The third kappa shape index (κ3) is 6.06. The van der Waals surface area contributed by atoms with Gasteiger partial charge in [-0.3, -0.25) is 9.59 Å². The van der Waals surface area contributed by atoms with Crippen LogP contribution in [0.1, 0.15) is 49.9 Å². The fraction of sp³-hybridized carbons (Fsp3) is 0.480. The molecule has 1 unspecified atom stereocenters. The highest BCUT2D eigenvalue weighted by molar-refractivity contribution is 6.43. The molecule has 2 aromatic rings. The van der Waals surface area contributed by atoms with Crippen molar-refractivity contribution in [2.24, 2.45) is 0 Å². The minimum Gasteiger partial charge on any atom is -0.476 e. The van der Waals surface area contributed by atoms with E-state index < -0.39 is 30.3 Å². The van der Waals surface area contributed by atoms with Crippen LogP contribution in [0.5, 0.6) is 5.75 Å². The fourth-order valence-electron chi connectivity index (χ4n) is 4.88. The lowest BCUT2D eigenvalue weighted by Gasteiger charge is -2.40. The molecule has 2 bridgehead atoms. The van der Waals surface area contributed by atoms with Gasteiger partial charge in [0, 0.05) is 24.3 Å². The van der Waals surface area contributed by atoms with Crippen molar-refractivity contribution in [2.45, 2.75) is 69.7 Å². The number of amides is 2. The molecule has 3 atom stereocenters. The first-order valence-corrected chi connectivity index (χ1v) is 12.7. The van der Waals surface area contributed by atoms with Gasteiger partial charge in [-0.25, -0.2) is 18.2 Å². The average molecular weight is 559 g/mol. The molecule has 1 aromatic heterocycles. The van der Waals surface area contributed by atoms with E-state index >= 15 is 0 Å². The average Bonchev–Trinajstić information content (AvgIpc) is 3.12. The Labute approximate surface area is 222 Å². The van der Waals surface area contributed by atoms with E-state index in [-0.39, 0.29) is 45.4 Å². The van der Waals surface area contributed by atoms with E-state index in [1.807, 2.05) is 0 Å². The van der Waals surface area contributed by atoms with Gasteiger partial charge in [0.25, 0.3) is 18.2 Å². The summed E-state index contributed by atoms with van der Waals surface area (Å²) in [6.07, 6.45) is 2.01. The van der Waals surface area contributed by atoms with Gasteiger partial charge in [-0.2, -0.15) is 0 Å². The summed E-state index contributed by atoms with van der Waals surface area (Å²) in [7, 11) is 0. The Morgan fingerprint density at radius 1 is 1.14 bits per heavy atom. The van der Waals surface area contributed by atoms with Gasteiger partial charge in [-0.1, -0.05) is 23.2 Å². The van der Waals surface area contributed by atoms with Crippen LogP contribution < -0.4 is 20.3 Å². The number of hydrogen-bond acceptors (Lipinski definition) is 5. The number of halogens is 5. The number of pyridine rings is 1. The van der Waals surface area contributed by atoms with Crippen LogP contribution in [-0.2, 0) is 4.79 Å². The number of aromatic nitrogens is 1. The zero-order valence-corrected chi connectivity index (χ0v) is 21.8. The number of nitrogens with zero attached hydrogens (tertiary/aromatic N) is 2. The highest BCUT2D eigenvalue weighted by Crippen LogP contribution is 2.39. The van der Waals surface area contributed by atoms with E-state index in [2.05, 4.69) is 20.5 Å². The zero-order valence-electron chi connectivity index (χ0n) is 20.2. The number of benzene rings is 1. The van der Waals surface area contributed by atoms with E-state index in [9.17, 15) is 22.8 Å². The van der Waals surface area contributed by atoms with Crippen LogP contribution in [0.4, 0.5) is 19.0 Å². The molecule has 0 radical (unpaired) electrons. The van der Waals surface area contributed by atoms with Crippen LogP contribution in [0.3, 0.4) is 0 Å². The number of carbonyl (C=O) groups is 2. The second-order valence-corrected chi connectivity index (χ2v) is 10.5. The molecule has 2 amide bonds. The number of alkyl halides is 2. The number of carbonyl (C=O) groups excluding carboxylic acids is 2. The van der Waals surface area contributed by atoms with Crippen molar-refractivity contribution < 1.29 is 27.5 Å². The largest absolute Gasteiger partial charge is 0.476 e. The zero-order chi connectivity index (χ0) is 26.9. The molecule has 2 saturated heterocycles. The van der Waals surface area contributed by atoms with Crippen molar-refractivity contribution in [3.8, 4) is 5.75 Å². The first-order valence-electron chi connectivity index (χ1n) is 11.9. The summed E-state index contributed by atoms with van der Waals surface area (Å²) in [6, 6.07) is 5.95. The molecule has 2 N–H and O–H groups in total.